The molecule has 1 aromatic heterocycles. The highest BCUT2D eigenvalue weighted by atomic mass is 16.5. The van der Waals surface area contributed by atoms with E-state index < -0.39 is 0 Å². The van der Waals surface area contributed by atoms with Gasteiger partial charge in [0.05, 0.1) is 18.8 Å². The molecule has 0 unspecified atom stereocenters. The minimum Gasteiger partial charge on any atom is -0.365 e. The summed E-state index contributed by atoms with van der Waals surface area (Å²) in [7, 11) is 0. The molecule has 1 atom stereocenters. The van der Waals surface area contributed by atoms with Crippen molar-refractivity contribution in [2.75, 3.05) is 13.1 Å². The second-order valence-electron chi connectivity index (χ2n) is 8.98. The molecular formula is C26H31N5O2. The lowest BCUT2D eigenvalue weighted by Crippen LogP contribution is -2.44. The minimum absolute atomic E-state index is 0.0227. The molecule has 1 saturated heterocycles. The standard InChI is InChI=1S/C26H31N5O2/c32-26(12-11-20-7-3-1-4-8-20)27-22-13-15-30(16-14-22)17-23-24-19-33-25(18-31(24)29-28-23)21-9-5-2-6-10-21/h1-10,22,25H,11-19H2,(H,27,32)/t25-/m1/s1. The average molecular weight is 446 g/mol. The predicted molar refractivity (Wildman–Crippen MR) is 125 cm³/mol. The number of aryl methyl sites for hydroxylation is 1. The molecule has 33 heavy (non-hydrogen) atoms. The third-order valence-electron chi connectivity index (χ3n) is 6.66. The number of nitrogens with one attached hydrogen (secondary N) is 1. The zero-order chi connectivity index (χ0) is 22.5. The number of rotatable bonds is 7. The fourth-order valence-electron chi connectivity index (χ4n) is 4.70. The third kappa shape index (κ3) is 5.49. The Hall–Kier alpha value is -3.03. The van der Waals surface area contributed by atoms with Crippen molar-refractivity contribution in [2.24, 2.45) is 0 Å². The van der Waals surface area contributed by atoms with Gasteiger partial charge in [-0.05, 0) is 30.4 Å². The number of ether oxygens (including phenoxy) is 1. The summed E-state index contributed by atoms with van der Waals surface area (Å²) in [5.41, 5.74) is 4.47. The van der Waals surface area contributed by atoms with Crippen LogP contribution in [0.5, 0.6) is 0 Å². The molecule has 7 nitrogen and oxygen atoms in total. The molecule has 5 rings (SSSR count). The number of fused-ring (bicyclic) bond motifs is 1. The van der Waals surface area contributed by atoms with Gasteiger partial charge in [0.25, 0.3) is 0 Å². The first-order valence-electron chi connectivity index (χ1n) is 11.9. The van der Waals surface area contributed by atoms with Gasteiger partial charge >= 0.3 is 0 Å². The molecule has 3 heterocycles. The van der Waals surface area contributed by atoms with E-state index in [2.05, 4.69) is 44.8 Å². The summed E-state index contributed by atoms with van der Waals surface area (Å²) in [6.45, 7) is 3.91. The van der Waals surface area contributed by atoms with Gasteiger partial charge in [-0.25, -0.2) is 4.68 Å². The largest absolute Gasteiger partial charge is 0.365 e. The molecule has 1 amide bonds. The van der Waals surface area contributed by atoms with Crippen LogP contribution in [0.15, 0.2) is 60.7 Å². The van der Waals surface area contributed by atoms with Crippen LogP contribution in [-0.2, 0) is 35.6 Å². The van der Waals surface area contributed by atoms with E-state index in [9.17, 15) is 4.79 Å². The van der Waals surface area contributed by atoms with Crippen LogP contribution in [0.1, 0.15) is 47.9 Å². The number of nitrogens with zero attached hydrogens (tertiary/aromatic N) is 4. The smallest absolute Gasteiger partial charge is 0.220 e. The monoisotopic (exact) mass is 445 g/mol. The van der Waals surface area contributed by atoms with Crippen molar-refractivity contribution in [3.05, 3.63) is 83.2 Å². The summed E-state index contributed by atoms with van der Waals surface area (Å²) in [6, 6.07) is 20.7. The van der Waals surface area contributed by atoms with Gasteiger partial charge < -0.3 is 10.1 Å². The number of carbonyl (C=O) groups is 1. The molecule has 0 spiro atoms. The molecule has 3 aromatic rings. The molecule has 1 N–H and O–H groups in total. The van der Waals surface area contributed by atoms with Crippen LogP contribution in [0, 0.1) is 0 Å². The number of hydrogen-bond donors (Lipinski definition) is 1. The highest BCUT2D eigenvalue weighted by Gasteiger charge is 2.27. The van der Waals surface area contributed by atoms with Gasteiger partial charge in [-0.1, -0.05) is 65.9 Å². The van der Waals surface area contributed by atoms with Gasteiger partial charge in [0.2, 0.25) is 5.91 Å². The van der Waals surface area contributed by atoms with E-state index in [1.165, 1.54) is 11.1 Å². The summed E-state index contributed by atoms with van der Waals surface area (Å²) in [5, 5.41) is 12.1. The Balaban J connectivity index is 1.08. The van der Waals surface area contributed by atoms with Crippen LogP contribution in [0.4, 0.5) is 0 Å². The van der Waals surface area contributed by atoms with Gasteiger partial charge in [-0.15, -0.1) is 5.10 Å². The van der Waals surface area contributed by atoms with Gasteiger partial charge in [0.15, 0.2) is 0 Å². The van der Waals surface area contributed by atoms with Crippen LogP contribution < -0.4 is 5.32 Å². The van der Waals surface area contributed by atoms with Crippen molar-refractivity contribution in [3.8, 4) is 0 Å². The highest BCUT2D eigenvalue weighted by molar-refractivity contribution is 5.76. The van der Waals surface area contributed by atoms with Crippen LogP contribution in [0.25, 0.3) is 0 Å². The highest BCUT2D eigenvalue weighted by Crippen LogP contribution is 2.27. The molecule has 2 aliphatic rings. The Labute approximate surface area is 194 Å². The lowest BCUT2D eigenvalue weighted by molar-refractivity contribution is -0.122. The van der Waals surface area contributed by atoms with Crippen LogP contribution in [0.3, 0.4) is 0 Å². The van der Waals surface area contributed by atoms with E-state index in [1.54, 1.807) is 0 Å². The average Bonchev–Trinajstić information content (AvgIpc) is 3.27. The summed E-state index contributed by atoms with van der Waals surface area (Å²) in [5.74, 6) is 0.148. The third-order valence-corrected chi connectivity index (χ3v) is 6.66. The summed E-state index contributed by atoms with van der Waals surface area (Å²) < 4.78 is 8.12. The van der Waals surface area contributed by atoms with Crippen molar-refractivity contribution < 1.29 is 9.53 Å². The molecular weight excluding hydrogens is 414 g/mol. The molecule has 0 bridgehead atoms. The molecule has 172 valence electrons. The summed E-state index contributed by atoms with van der Waals surface area (Å²) >= 11 is 0. The lowest BCUT2D eigenvalue weighted by atomic mass is 10.0. The second kappa shape index (κ2) is 10.3. The van der Waals surface area contributed by atoms with Gasteiger partial charge in [0, 0.05) is 32.1 Å². The van der Waals surface area contributed by atoms with Crippen molar-refractivity contribution in [1.82, 2.24) is 25.2 Å². The van der Waals surface area contributed by atoms with E-state index in [-0.39, 0.29) is 18.1 Å². The second-order valence-corrected chi connectivity index (χ2v) is 8.98. The number of piperidine rings is 1. The van der Waals surface area contributed by atoms with Crippen LogP contribution >= 0.6 is 0 Å². The summed E-state index contributed by atoms with van der Waals surface area (Å²) in [4.78, 5) is 14.8. The molecule has 2 aliphatic heterocycles. The number of carbonyl (C=O) groups excluding carboxylic acids is 1. The zero-order valence-electron chi connectivity index (χ0n) is 18.9. The molecule has 2 aromatic carbocycles. The Morgan fingerprint density at radius 3 is 2.52 bits per heavy atom. The molecule has 0 radical (unpaired) electrons. The van der Waals surface area contributed by atoms with Crippen molar-refractivity contribution >= 4 is 5.91 Å². The number of likely N-dealkylation sites (tertiary alicyclic amines) is 1. The molecule has 7 heteroatoms. The van der Waals surface area contributed by atoms with Crippen LogP contribution in [0.2, 0.25) is 0 Å². The number of hydrogen-bond acceptors (Lipinski definition) is 5. The van der Waals surface area contributed by atoms with E-state index in [0.717, 1.165) is 50.3 Å². The maximum atomic E-state index is 12.4. The van der Waals surface area contributed by atoms with Crippen molar-refractivity contribution in [1.29, 1.82) is 0 Å². The number of benzene rings is 2. The maximum absolute atomic E-state index is 12.4. The Kier molecular flexibility index (Phi) is 6.79. The number of amides is 1. The van der Waals surface area contributed by atoms with E-state index in [0.29, 0.717) is 19.6 Å². The van der Waals surface area contributed by atoms with Gasteiger partial charge in [0.1, 0.15) is 11.8 Å². The molecule has 1 fully saturated rings. The molecule has 0 aliphatic carbocycles. The molecule has 0 saturated carbocycles. The predicted octanol–water partition coefficient (Wildman–Crippen LogP) is 3.26. The van der Waals surface area contributed by atoms with Gasteiger partial charge in [-0.2, -0.15) is 0 Å². The Bertz CT molecular complexity index is 1050. The van der Waals surface area contributed by atoms with Gasteiger partial charge in [-0.3, -0.25) is 9.69 Å². The maximum Gasteiger partial charge on any atom is 0.220 e. The van der Waals surface area contributed by atoms with E-state index >= 15 is 0 Å². The lowest BCUT2D eigenvalue weighted by Gasteiger charge is -2.32. The van der Waals surface area contributed by atoms with Crippen molar-refractivity contribution in [2.45, 2.75) is 57.5 Å². The van der Waals surface area contributed by atoms with Crippen molar-refractivity contribution in [3.63, 3.8) is 0 Å². The SMILES string of the molecule is O=C(CCc1ccccc1)NC1CCN(Cc2nnn3c2CO[C@@H](c2ccccc2)C3)CC1. The first-order valence-corrected chi connectivity index (χ1v) is 11.9. The van der Waals surface area contributed by atoms with Crippen LogP contribution in [-0.4, -0.2) is 44.9 Å². The Morgan fingerprint density at radius 1 is 1.03 bits per heavy atom. The van der Waals surface area contributed by atoms with E-state index in [1.807, 2.05) is 41.1 Å². The Morgan fingerprint density at radius 2 is 1.76 bits per heavy atom. The summed E-state index contributed by atoms with van der Waals surface area (Å²) in [6.07, 6.45) is 3.28. The fraction of sp³-hybridized carbons (Fsp3) is 0.423. The minimum atomic E-state index is 0.0227. The first kappa shape index (κ1) is 21.8. The quantitative estimate of drug-likeness (QED) is 0.604. The topological polar surface area (TPSA) is 72.3 Å². The first-order chi connectivity index (χ1) is 16.2. The van der Waals surface area contributed by atoms with E-state index in [4.69, 9.17) is 4.74 Å². The normalized spacial score (nSPS) is 19.2. The number of aromatic nitrogens is 3. The zero-order valence-corrected chi connectivity index (χ0v) is 18.9. The fourth-order valence-corrected chi connectivity index (χ4v) is 4.70.